The smallest absolute Gasteiger partial charge is 0.276 e. The number of hydrogen-bond acceptors (Lipinski definition) is 4. The summed E-state index contributed by atoms with van der Waals surface area (Å²) in [5.74, 6) is -0.0930. The van der Waals surface area contributed by atoms with Crippen molar-refractivity contribution < 1.29 is 14.1 Å². The van der Waals surface area contributed by atoms with E-state index in [2.05, 4.69) is 5.16 Å². The fourth-order valence-corrected chi connectivity index (χ4v) is 2.32. The zero-order valence-electron chi connectivity index (χ0n) is 11.1. The number of benzene rings is 1. The van der Waals surface area contributed by atoms with E-state index in [0.29, 0.717) is 25.4 Å². The molecule has 1 amide bonds. The standard InChI is InChI=1S/C15H16N2O3/c18-15(14-7-9-20-16-14)17-8-6-13(10-17)19-11-12-4-2-1-3-5-12/h1-5,7,9,13H,6,8,10-11H2. The third-order valence-corrected chi connectivity index (χ3v) is 3.42. The van der Waals surface area contributed by atoms with Gasteiger partial charge < -0.3 is 14.2 Å². The van der Waals surface area contributed by atoms with Crippen LogP contribution < -0.4 is 0 Å². The van der Waals surface area contributed by atoms with Crippen LogP contribution in [0.2, 0.25) is 0 Å². The van der Waals surface area contributed by atoms with Crippen LogP contribution in [0.5, 0.6) is 0 Å². The normalized spacial score (nSPS) is 18.4. The van der Waals surface area contributed by atoms with Crippen LogP contribution >= 0.6 is 0 Å². The van der Waals surface area contributed by atoms with Gasteiger partial charge in [-0.15, -0.1) is 0 Å². The number of amides is 1. The maximum atomic E-state index is 12.1. The van der Waals surface area contributed by atoms with Crippen molar-refractivity contribution in [2.24, 2.45) is 0 Å². The van der Waals surface area contributed by atoms with Crippen LogP contribution in [-0.4, -0.2) is 35.2 Å². The van der Waals surface area contributed by atoms with Crippen LogP contribution in [0.15, 0.2) is 47.2 Å². The lowest BCUT2D eigenvalue weighted by atomic mass is 10.2. The second-order valence-corrected chi connectivity index (χ2v) is 4.84. The highest BCUT2D eigenvalue weighted by atomic mass is 16.5. The highest BCUT2D eigenvalue weighted by Gasteiger charge is 2.28. The predicted molar refractivity (Wildman–Crippen MR) is 72.0 cm³/mol. The lowest BCUT2D eigenvalue weighted by Crippen LogP contribution is -2.30. The van der Waals surface area contributed by atoms with E-state index in [0.717, 1.165) is 12.0 Å². The number of aromatic nitrogens is 1. The fourth-order valence-electron chi connectivity index (χ4n) is 2.32. The highest BCUT2D eigenvalue weighted by molar-refractivity contribution is 5.92. The topological polar surface area (TPSA) is 55.6 Å². The Labute approximate surface area is 117 Å². The summed E-state index contributed by atoms with van der Waals surface area (Å²) in [7, 11) is 0. The Balaban J connectivity index is 1.51. The van der Waals surface area contributed by atoms with Crippen LogP contribution in [0.1, 0.15) is 22.5 Å². The van der Waals surface area contributed by atoms with Crippen molar-refractivity contribution in [3.8, 4) is 0 Å². The lowest BCUT2D eigenvalue weighted by Gasteiger charge is -2.15. The summed E-state index contributed by atoms with van der Waals surface area (Å²) in [4.78, 5) is 13.8. The molecule has 5 nitrogen and oxygen atoms in total. The molecule has 0 bridgehead atoms. The molecule has 20 heavy (non-hydrogen) atoms. The number of hydrogen-bond donors (Lipinski definition) is 0. The van der Waals surface area contributed by atoms with Crippen molar-refractivity contribution in [3.63, 3.8) is 0 Å². The Bertz CT molecular complexity index is 554. The molecule has 0 N–H and O–H groups in total. The van der Waals surface area contributed by atoms with Gasteiger partial charge in [-0.05, 0) is 12.0 Å². The first kappa shape index (κ1) is 12.9. The first-order valence-corrected chi connectivity index (χ1v) is 6.68. The van der Waals surface area contributed by atoms with E-state index in [1.165, 1.54) is 6.26 Å². The number of nitrogens with zero attached hydrogens (tertiary/aromatic N) is 2. The summed E-state index contributed by atoms with van der Waals surface area (Å²) >= 11 is 0. The molecule has 1 aliphatic rings. The van der Waals surface area contributed by atoms with Gasteiger partial charge in [0.25, 0.3) is 5.91 Å². The van der Waals surface area contributed by atoms with Crippen LogP contribution in [-0.2, 0) is 11.3 Å². The summed E-state index contributed by atoms with van der Waals surface area (Å²) in [5, 5.41) is 3.67. The van der Waals surface area contributed by atoms with Gasteiger partial charge in [-0.2, -0.15) is 0 Å². The van der Waals surface area contributed by atoms with Gasteiger partial charge in [0.2, 0.25) is 0 Å². The number of rotatable bonds is 4. The molecule has 0 radical (unpaired) electrons. The van der Waals surface area contributed by atoms with Gasteiger partial charge >= 0.3 is 0 Å². The molecule has 3 rings (SSSR count). The van der Waals surface area contributed by atoms with Gasteiger partial charge in [0.05, 0.1) is 12.7 Å². The van der Waals surface area contributed by atoms with Crippen molar-refractivity contribution in [1.29, 1.82) is 0 Å². The average Bonchev–Trinajstić information content (AvgIpc) is 3.17. The fraction of sp³-hybridized carbons (Fsp3) is 0.333. The quantitative estimate of drug-likeness (QED) is 0.855. The molecule has 0 saturated carbocycles. The molecule has 1 saturated heterocycles. The van der Waals surface area contributed by atoms with E-state index in [-0.39, 0.29) is 12.0 Å². The van der Waals surface area contributed by atoms with Crippen LogP contribution in [0.25, 0.3) is 0 Å². The van der Waals surface area contributed by atoms with Gasteiger partial charge in [-0.1, -0.05) is 35.5 Å². The monoisotopic (exact) mass is 272 g/mol. The molecule has 1 aromatic heterocycles. The minimum atomic E-state index is -0.0930. The summed E-state index contributed by atoms with van der Waals surface area (Å²) in [5.41, 5.74) is 1.50. The number of carbonyl (C=O) groups excluding carboxylic acids is 1. The minimum Gasteiger partial charge on any atom is -0.372 e. The molecule has 1 unspecified atom stereocenters. The molecule has 2 heterocycles. The number of carbonyl (C=O) groups is 1. The lowest BCUT2D eigenvalue weighted by molar-refractivity contribution is 0.0435. The van der Waals surface area contributed by atoms with Crippen molar-refractivity contribution >= 4 is 5.91 Å². The Kier molecular flexibility index (Phi) is 3.78. The van der Waals surface area contributed by atoms with Crippen molar-refractivity contribution in [3.05, 3.63) is 53.9 Å². The van der Waals surface area contributed by atoms with Gasteiger partial charge in [0.15, 0.2) is 5.69 Å². The third kappa shape index (κ3) is 2.88. The first-order valence-electron chi connectivity index (χ1n) is 6.68. The van der Waals surface area contributed by atoms with Gasteiger partial charge in [-0.25, -0.2) is 0 Å². The van der Waals surface area contributed by atoms with E-state index in [9.17, 15) is 4.79 Å². The third-order valence-electron chi connectivity index (χ3n) is 3.42. The largest absolute Gasteiger partial charge is 0.372 e. The molecule has 0 aliphatic carbocycles. The SMILES string of the molecule is O=C(c1ccon1)N1CCC(OCc2ccccc2)C1. The summed E-state index contributed by atoms with van der Waals surface area (Å²) in [6.07, 6.45) is 2.36. The molecule has 1 aliphatic heterocycles. The van der Waals surface area contributed by atoms with Gasteiger partial charge in [0.1, 0.15) is 6.26 Å². The Hall–Kier alpha value is -2.14. The van der Waals surface area contributed by atoms with Crippen LogP contribution in [0.4, 0.5) is 0 Å². The van der Waals surface area contributed by atoms with Crippen molar-refractivity contribution in [2.45, 2.75) is 19.1 Å². The number of likely N-dealkylation sites (tertiary alicyclic amines) is 1. The van der Waals surface area contributed by atoms with E-state index in [1.807, 2.05) is 30.3 Å². The molecular weight excluding hydrogens is 256 g/mol. The van der Waals surface area contributed by atoms with Gasteiger partial charge in [0, 0.05) is 19.2 Å². The molecular formula is C15H16N2O3. The summed E-state index contributed by atoms with van der Waals surface area (Å²) < 4.78 is 10.5. The first-order chi connectivity index (χ1) is 9.83. The molecule has 1 aromatic carbocycles. The van der Waals surface area contributed by atoms with Crippen LogP contribution in [0, 0.1) is 0 Å². The molecule has 1 atom stereocenters. The minimum absolute atomic E-state index is 0.0889. The van der Waals surface area contributed by atoms with E-state index in [4.69, 9.17) is 9.26 Å². The van der Waals surface area contributed by atoms with E-state index < -0.39 is 0 Å². The van der Waals surface area contributed by atoms with Crippen molar-refractivity contribution in [2.75, 3.05) is 13.1 Å². The summed E-state index contributed by atoms with van der Waals surface area (Å²) in [6.45, 7) is 1.89. The zero-order chi connectivity index (χ0) is 13.8. The maximum Gasteiger partial charge on any atom is 0.276 e. The Morgan fingerprint density at radius 2 is 2.20 bits per heavy atom. The molecule has 104 valence electrons. The Morgan fingerprint density at radius 1 is 1.35 bits per heavy atom. The second kappa shape index (κ2) is 5.88. The zero-order valence-corrected chi connectivity index (χ0v) is 11.1. The maximum absolute atomic E-state index is 12.1. The van der Waals surface area contributed by atoms with Crippen molar-refractivity contribution in [1.82, 2.24) is 10.1 Å². The Morgan fingerprint density at radius 3 is 2.95 bits per heavy atom. The molecule has 1 fully saturated rings. The number of ether oxygens (including phenoxy) is 1. The second-order valence-electron chi connectivity index (χ2n) is 4.84. The highest BCUT2D eigenvalue weighted by Crippen LogP contribution is 2.16. The molecule has 0 spiro atoms. The van der Waals surface area contributed by atoms with Crippen LogP contribution in [0.3, 0.4) is 0 Å². The van der Waals surface area contributed by atoms with E-state index in [1.54, 1.807) is 11.0 Å². The van der Waals surface area contributed by atoms with Gasteiger partial charge in [-0.3, -0.25) is 4.79 Å². The predicted octanol–water partition coefficient (Wildman–Crippen LogP) is 2.11. The van der Waals surface area contributed by atoms with E-state index >= 15 is 0 Å². The average molecular weight is 272 g/mol. The molecule has 5 heteroatoms. The molecule has 2 aromatic rings. The summed E-state index contributed by atoms with van der Waals surface area (Å²) in [6, 6.07) is 11.6.